The Morgan fingerprint density at radius 3 is 2.10 bits per heavy atom. The highest BCUT2D eigenvalue weighted by Crippen LogP contribution is 2.28. The number of amides is 3. The largest absolute Gasteiger partial charge is 0.452 e. The van der Waals surface area contributed by atoms with Crippen molar-refractivity contribution >= 4 is 29.4 Å². The summed E-state index contributed by atoms with van der Waals surface area (Å²) in [6.07, 6.45) is 5.39. The van der Waals surface area contributed by atoms with E-state index in [-0.39, 0.29) is 24.1 Å². The molecule has 0 spiro atoms. The summed E-state index contributed by atoms with van der Waals surface area (Å²) >= 11 is 0. The maximum Gasteiger partial charge on any atom is 0.338 e. The number of fused-ring (bicyclic) bond motifs is 1. The maximum absolute atomic E-state index is 12.6. The molecule has 31 heavy (non-hydrogen) atoms. The Morgan fingerprint density at radius 1 is 0.935 bits per heavy atom. The zero-order valence-corrected chi connectivity index (χ0v) is 17.4. The number of hydrogen-bond donors (Lipinski definition) is 0. The summed E-state index contributed by atoms with van der Waals surface area (Å²) in [5, 5.41) is 0. The van der Waals surface area contributed by atoms with E-state index < -0.39 is 17.8 Å². The van der Waals surface area contributed by atoms with Crippen LogP contribution >= 0.6 is 0 Å². The number of nitrogens with zero attached hydrogens (tertiary/aromatic N) is 2. The van der Waals surface area contributed by atoms with Crippen LogP contribution in [0.5, 0.6) is 0 Å². The number of ether oxygens (including phenoxy) is 1. The monoisotopic (exact) mass is 420 g/mol. The second-order valence-electron chi connectivity index (χ2n) is 7.91. The van der Waals surface area contributed by atoms with Crippen LogP contribution in [-0.2, 0) is 9.53 Å². The van der Waals surface area contributed by atoms with Gasteiger partial charge in [-0.2, -0.15) is 0 Å². The summed E-state index contributed by atoms with van der Waals surface area (Å²) < 4.78 is 5.18. The van der Waals surface area contributed by atoms with Gasteiger partial charge in [0.1, 0.15) is 0 Å². The molecule has 0 saturated heterocycles. The van der Waals surface area contributed by atoms with Crippen LogP contribution in [0.4, 0.5) is 5.69 Å². The van der Waals surface area contributed by atoms with Crippen molar-refractivity contribution in [3.63, 3.8) is 0 Å². The Kier molecular flexibility index (Phi) is 5.84. The van der Waals surface area contributed by atoms with Crippen LogP contribution in [0.25, 0.3) is 0 Å². The topological polar surface area (TPSA) is 84.0 Å². The molecule has 1 heterocycles. The lowest BCUT2D eigenvalue weighted by atomic mass is 9.94. The highest BCUT2D eigenvalue weighted by Gasteiger charge is 2.36. The average molecular weight is 420 g/mol. The SMILES string of the molecule is CN(C(=O)COC(=O)c1ccc(N2C(=O)c3ccccc3C2=O)cc1)C1CCCCC1. The van der Waals surface area contributed by atoms with E-state index in [2.05, 4.69) is 0 Å². The summed E-state index contributed by atoms with van der Waals surface area (Å²) in [5.74, 6) is -1.64. The Hall–Kier alpha value is -3.48. The Balaban J connectivity index is 1.37. The smallest absolute Gasteiger partial charge is 0.338 e. The van der Waals surface area contributed by atoms with E-state index in [0.29, 0.717) is 16.8 Å². The van der Waals surface area contributed by atoms with E-state index in [1.165, 1.54) is 30.7 Å². The van der Waals surface area contributed by atoms with Crippen molar-refractivity contribution < 1.29 is 23.9 Å². The number of anilines is 1. The highest BCUT2D eigenvalue weighted by molar-refractivity contribution is 6.34. The number of esters is 1. The molecule has 0 unspecified atom stereocenters. The third kappa shape index (κ3) is 4.08. The molecule has 1 aliphatic heterocycles. The second-order valence-corrected chi connectivity index (χ2v) is 7.91. The Labute approximate surface area is 180 Å². The van der Waals surface area contributed by atoms with Crippen molar-refractivity contribution in [1.82, 2.24) is 4.90 Å². The molecule has 0 N–H and O–H groups in total. The van der Waals surface area contributed by atoms with Gasteiger partial charge in [-0.3, -0.25) is 14.4 Å². The fourth-order valence-electron chi connectivity index (χ4n) is 4.15. The normalized spacial score (nSPS) is 16.2. The predicted molar refractivity (Wildman–Crippen MR) is 114 cm³/mol. The zero-order valence-electron chi connectivity index (χ0n) is 17.4. The van der Waals surface area contributed by atoms with Gasteiger partial charge in [-0.25, -0.2) is 9.69 Å². The Morgan fingerprint density at radius 2 is 1.52 bits per heavy atom. The van der Waals surface area contributed by atoms with Crippen LogP contribution in [-0.4, -0.2) is 48.3 Å². The van der Waals surface area contributed by atoms with Gasteiger partial charge in [-0.1, -0.05) is 31.4 Å². The first kappa shape index (κ1) is 20.8. The van der Waals surface area contributed by atoms with Crippen LogP contribution in [0.3, 0.4) is 0 Å². The standard InChI is InChI=1S/C24H24N2O5/c1-25(17-7-3-2-4-8-17)21(27)15-31-24(30)16-11-13-18(14-12-16)26-22(28)19-9-5-6-10-20(19)23(26)29/h5-6,9-14,17H,2-4,7-8,15H2,1H3. The quantitative estimate of drug-likeness (QED) is 0.547. The van der Waals surface area contributed by atoms with Gasteiger partial charge in [0.2, 0.25) is 0 Å². The maximum atomic E-state index is 12.6. The van der Waals surface area contributed by atoms with Crippen LogP contribution < -0.4 is 4.90 Å². The number of likely N-dealkylation sites (N-methyl/N-ethyl adjacent to an activating group) is 1. The number of imide groups is 1. The van der Waals surface area contributed by atoms with E-state index >= 15 is 0 Å². The molecule has 0 radical (unpaired) electrons. The van der Waals surface area contributed by atoms with Gasteiger partial charge in [-0.05, 0) is 49.2 Å². The molecule has 1 fully saturated rings. The molecule has 160 valence electrons. The molecule has 0 bridgehead atoms. The average Bonchev–Trinajstić information content (AvgIpc) is 3.07. The number of rotatable bonds is 5. The molecule has 0 aromatic heterocycles. The van der Waals surface area contributed by atoms with Crippen LogP contribution in [0.1, 0.15) is 63.2 Å². The van der Waals surface area contributed by atoms with Gasteiger partial charge in [0.15, 0.2) is 6.61 Å². The van der Waals surface area contributed by atoms with Crippen molar-refractivity contribution in [3.05, 3.63) is 65.2 Å². The lowest BCUT2D eigenvalue weighted by Gasteiger charge is -2.31. The number of carbonyl (C=O) groups is 4. The van der Waals surface area contributed by atoms with E-state index in [4.69, 9.17) is 4.74 Å². The minimum atomic E-state index is -0.626. The molecule has 1 saturated carbocycles. The molecule has 7 heteroatoms. The first-order chi connectivity index (χ1) is 15.0. The number of carbonyl (C=O) groups excluding carboxylic acids is 4. The van der Waals surface area contributed by atoms with Crippen LogP contribution in [0.15, 0.2) is 48.5 Å². The summed E-state index contributed by atoms with van der Waals surface area (Å²) in [6.45, 7) is -0.314. The van der Waals surface area contributed by atoms with Gasteiger partial charge >= 0.3 is 5.97 Å². The van der Waals surface area contributed by atoms with Crippen molar-refractivity contribution in [2.24, 2.45) is 0 Å². The second kappa shape index (κ2) is 8.71. The number of benzene rings is 2. The van der Waals surface area contributed by atoms with E-state index in [0.717, 1.165) is 30.6 Å². The van der Waals surface area contributed by atoms with Crippen molar-refractivity contribution in [2.45, 2.75) is 38.1 Å². The minimum absolute atomic E-state index is 0.207. The molecule has 2 aliphatic rings. The molecular weight excluding hydrogens is 396 g/mol. The Bertz CT molecular complexity index is 990. The first-order valence-electron chi connectivity index (χ1n) is 10.5. The van der Waals surface area contributed by atoms with E-state index in [1.807, 2.05) is 0 Å². The molecule has 3 amide bonds. The van der Waals surface area contributed by atoms with Gasteiger partial charge in [0.05, 0.1) is 22.4 Å². The molecule has 2 aromatic carbocycles. The van der Waals surface area contributed by atoms with Crippen LogP contribution in [0, 0.1) is 0 Å². The van der Waals surface area contributed by atoms with E-state index in [1.54, 1.807) is 36.2 Å². The molecule has 1 aliphatic carbocycles. The fourth-order valence-corrected chi connectivity index (χ4v) is 4.15. The fraction of sp³-hybridized carbons (Fsp3) is 0.333. The highest BCUT2D eigenvalue weighted by atomic mass is 16.5. The van der Waals surface area contributed by atoms with Gasteiger partial charge in [0.25, 0.3) is 17.7 Å². The van der Waals surface area contributed by atoms with E-state index in [9.17, 15) is 19.2 Å². The summed E-state index contributed by atoms with van der Waals surface area (Å²) in [4.78, 5) is 52.6. The summed E-state index contributed by atoms with van der Waals surface area (Å²) in [6, 6.07) is 12.9. The molecule has 2 aromatic rings. The molecule has 0 atom stereocenters. The molecule has 7 nitrogen and oxygen atoms in total. The first-order valence-corrected chi connectivity index (χ1v) is 10.5. The van der Waals surface area contributed by atoms with Crippen molar-refractivity contribution in [3.8, 4) is 0 Å². The van der Waals surface area contributed by atoms with Gasteiger partial charge in [-0.15, -0.1) is 0 Å². The zero-order chi connectivity index (χ0) is 22.0. The molecule has 4 rings (SSSR count). The van der Waals surface area contributed by atoms with Crippen molar-refractivity contribution in [2.75, 3.05) is 18.6 Å². The lowest BCUT2D eigenvalue weighted by Crippen LogP contribution is -2.40. The predicted octanol–water partition coefficient (Wildman–Crippen LogP) is 3.44. The number of hydrogen-bond acceptors (Lipinski definition) is 5. The molecular formula is C24H24N2O5. The minimum Gasteiger partial charge on any atom is -0.452 e. The third-order valence-electron chi connectivity index (χ3n) is 6.00. The van der Waals surface area contributed by atoms with Gasteiger partial charge < -0.3 is 9.64 Å². The van der Waals surface area contributed by atoms with Crippen LogP contribution in [0.2, 0.25) is 0 Å². The summed E-state index contributed by atoms with van der Waals surface area (Å²) in [5.41, 5.74) is 1.33. The van der Waals surface area contributed by atoms with Gasteiger partial charge in [0, 0.05) is 13.1 Å². The lowest BCUT2D eigenvalue weighted by molar-refractivity contribution is -0.135. The van der Waals surface area contributed by atoms with Crippen molar-refractivity contribution in [1.29, 1.82) is 0 Å². The summed E-state index contributed by atoms with van der Waals surface area (Å²) in [7, 11) is 1.75. The third-order valence-corrected chi connectivity index (χ3v) is 6.00.